The lowest BCUT2D eigenvalue weighted by Gasteiger charge is -2.23. The van der Waals surface area contributed by atoms with Crippen LogP contribution in [0.2, 0.25) is 0 Å². The van der Waals surface area contributed by atoms with E-state index in [0.29, 0.717) is 13.2 Å². The molecule has 0 spiro atoms. The summed E-state index contributed by atoms with van der Waals surface area (Å²) in [5.74, 6) is 0. The Morgan fingerprint density at radius 1 is 1.16 bits per heavy atom. The highest BCUT2D eigenvalue weighted by atomic mass is 16.7. The molecule has 0 saturated carbocycles. The van der Waals surface area contributed by atoms with Crippen molar-refractivity contribution in [2.75, 3.05) is 26.3 Å². The second-order valence-electron chi connectivity index (χ2n) is 4.32. The zero-order chi connectivity index (χ0) is 13.9. The molecule has 1 aromatic rings. The first kappa shape index (κ1) is 16.1. The number of hydrogen-bond donors (Lipinski definition) is 0. The smallest absolute Gasteiger partial charge is 0.158 e. The summed E-state index contributed by atoms with van der Waals surface area (Å²) in [5, 5.41) is 0. The standard InChI is InChI=1S/C15H26N2O2/c1-4-17(13-14-9-7-8-11-16-14)12-10-15(18-5-2)19-6-3/h7-9,11,15H,4-6,10,12-13H2,1-3H3. The number of rotatable bonds is 10. The first-order chi connectivity index (χ1) is 9.30. The average molecular weight is 266 g/mol. The summed E-state index contributed by atoms with van der Waals surface area (Å²) in [5.41, 5.74) is 1.11. The van der Waals surface area contributed by atoms with Gasteiger partial charge in [-0.15, -0.1) is 0 Å². The third-order valence-corrected chi connectivity index (χ3v) is 2.95. The molecule has 0 bridgehead atoms. The Hall–Kier alpha value is -0.970. The fourth-order valence-electron chi connectivity index (χ4n) is 1.94. The van der Waals surface area contributed by atoms with E-state index >= 15 is 0 Å². The number of nitrogens with zero attached hydrogens (tertiary/aromatic N) is 2. The minimum atomic E-state index is -0.0900. The molecule has 0 aromatic carbocycles. The predicted octanol–water partition coefficient (Wildman–Crippen LogP) is 2.69. The van der Waals surface area contributed by atoms with Gasteiger partial charge in [-0.3, -0.25) is 9.88 Å². The van der Waals surface area contributed by atoms with Crippen LogP contribution in [-0.2, 0) is 16.0 Å². The fraction of sp³-hybridized carbons (Fsp3) is 0.667. The maximum absolute atomic E-state index is 5.56. The summed E-state index contributed by atoms with van der Waals surface area (Å²) < 4.78 is 11.1. The molecule has 1 rings (SSSR count). The lowest BCUT2D eigenvalue weighted by atomic mass is 10.3. The minimum Gasteiger partial charge on any atom is -0.353 e. The van der Waals surface area contributed by atoms with Gasteiger partial charge in [0.25, 0.3) is 0 Å². The molecule has 0 N–H and O–H groups in total. The van der Waals surface area contributed by atoms with Crippen LogP contribution in [0, 0.1) is 0 Å². The third kappa shape index (κ3) is 6.66. The molecule has 4 heteroatoms. The molecular weight excluding hydrogens is 240 g/mol. The van der Waals surface area contributed by atoms with Gasteiger partial charge >= 0.3 is 0 Å². The van der Waals surface area contributed by atoms with E-state index in [4.69, 9.17) is 9.47 Å². The molecule has 0 aliphatic rings. The number of aromatic nitrogens is 1. The Labute approximate surface area is 116 Å². The van der Waals surface area contributed by atoms with Crippen LogP contribution in [0.3, 0.4) is 0 Å². The molecule has 19 heavy (non-hydrogen) atoms. The average Bonchev–Trinajstić information content (AvgIpc) is 2.44. The molecule has 0 unspecified atom stereocenters. The van der Waals surface area contributed by atoms with Crippen LogP contribution < -0.4 is 0 Å². The summed E-state index contributed by atoms with van der Waals surface area (Å²) >= 11 is 0. The van der Waals surface area contributed by atoms with E-state index in [0.717, 1.165) is 31.7 Å². The van der Waals surface area contributed by atoms with E-state index < -0.39 is 0 Å². The van der Waals surface area contributed by atoms with E-state index in [1.54, 1.807) is 0 Å². The van der Waals surface area contributed by atoms with Gasteiger partial charge in [0.1, 0.15) is 0 Å². The second-order valence-corrected chi connectivity index (χ2v) is 4.32. The molecule has 0 fully saturated rings. The minimum absolute atomic E-state index is 0.0900. The first-order valence-electron chi connectivity index (χ1n) is 7.15. The van der Waals surface area contributed by atoms with Crippen molar-refractivity contribution in [3.05, 3.63) is 30.1 Å². The molecular formula is C15H26N2O2. The van der Waals surface area contributed by atoms with E-state index in [1.165, 1.54) is 0 Å². The van der Waals surface area contributed by atoms with Crippen LogP contribution in [0.4, 0.5) is 0 Å². The molecule has 1 aromatic heterocycles. The summed E-state index contributed by atoms with van der Waals surface area (Å²) in [6, 6.07) is 6.03. The normalized spacial score (nSPS) is 11.4. The van der Waals surface area contributed by atoms with E-state index in [9.17, 15) is 0 Å². The molecule has 4 nitrogen and oxygen atoms in total. The van der Waals surface area contributed by atoms with Gasteiger partial charge in [0.05, 0.1) is 5.69 Å². The van der Waals surface area contributed by atoms with Crippen molar-refractivity contribution in [2.45, 2.75) is 40.0 Å². The highest BCUT2D eigenvalue weighted by Gasteiger charge is 2.11. The zero-order valence-electron chi connectivity index (χ0n) is 12.3. The monoisotopic (exact) mass is 266 g/mol. The lowest BCUT2D eigenvalue weighted by Crippen LogP contribution is -2.29. The Bertz CT molecular complexity index is 313. The Kier molecular flexibility index (Phi) is 8.38. The van der Waals surface area contributed by atoms with Gasteiger partial charge in [0.15, 0.2) is 6.29 Å². The van der Waals surface area contributed by atoms with Gasteiger partial charge in [-0.1, -0.05) is 13.0 Å². The molecule has 0 amide bonds. The molecule has 0 aliphatic heterocycles. The quantitative estimate of drug-likeness (QED) is 0.610. The van der Waals surface area contributed by atoms with Gasteiger partial charge < -0.3 is 9.47 Å². The Morgan fingerprint density at radius 2 is 1.89 bits per heavy atom. The third-order valence-electron chi connectivity index (χ3n) is 2.95. The van der Waals surface area contributed by atoms with Gasteiger partial charge in [-0.05, 0) is 32.5 Å². The van der Waals surface area contributed by atoms with Crippen LogP contribution in [0.25, 0.3) is 0 Å². The van der Waals surface area contributed by atoms with Crippen molar-refractivity contribution in [2.24, 2.45) is 0 Å². The van der Waals surface area contributed by atoms with Gasteiger partial charge in [0.2, 0.25) is 0 Å². The lowest BCUT2D eigenvalue weighted by molar-refractivity contribution is -0.141. The van der Waals surface area contributed by atoms with E-state index in [1.807, 2.05) is 32.2 Å². The summed E-state index contributed by atoms with van der Waals surface area (Å²) in [7, 11) is 0. The molecule has 1 heterocycles. The predicted molar refractivity (Wildman–Crippen MR) is 76.8 cm³/mol. The van der Waals surface area contributed by atoms with Crippen LogP contribution in [0.5, 0.6) is 0 Å². The molecule has 0 atom stereocenters. The maximum Gasteiger partial charge on any atom is 0.158 e. The Morgan fingerprint density at radius 3 is 2.42 bits per heavy atom. The molecule has 0 aliphatic carbocycles. The van der Waals surface area contributed by atoms with Crippen molar-refractivity contribution < 1.29 is 9.47 Å². The fourth-order valence-corrected chi connectivity index (χ4v) is 1.94. The number of pyridine rings is 1. The van der Waals surface area contributed by atoms with Crippen LogP contribution >= 0.6 is 0 Å². The molecule has 0 saturated heterocycles. The number of hydrogen-bond acceptors (Lipinski definition) is 4. The highest BCUT2D eigenvalue weighted by molar-refractivity contribution is 5.03. The van der Waals surface area contributed by atoms with Gasteiger partial charge in [0, 0.05) is 38.9 Å². The SMILES string of the molecule is CCOC(CCN(CC)Cc1ccccn1)OCC. The summed E-state index contributed by atoms with van der Waals surface area (Å²) in [4.78, 5) is 6.72. The largest absolute Gasteiger partial charge is 0.353 e. The molecule has 108 valence electrons. The van der Waals surface area contributed by atoms with Crippen molar-refractivity contribution in [3.8, 4) is 0 Å². The van der Waals surface area contributed by atoms with Gasteiger partial charge in [-0.25, -0.2) is 0 Å². The first-order valence-corrected chi connectivity index (χ1v) is 7.15. The maximum atomic E-state index is 5.56. The zero-order valence-corrected chi connectivity index (χ0v) is 12.3. The molecule has 0 radical (unpaired) electrons. The van der Waals surface area contributed by atoms with E-state index in [-0.39, 0.29) is 6.29 Å². The second kappa shape index (κ2) is 9.89. The summed E-state index contributed by atoms with van der Waals surface area (Å²) in [6.45, 7) is 10.4. The van der Waals surface area contributed by atoms with Crippen molar-refractivity contribution in [1.82, 2.24) is 9.88 Å². The van der Waals surface area contributed by atoms with Crippen LogP contribution in [0.1, 0.15) is 32.9 Å². The van der Waals surface area contributed by atoms with Crippen molar-refractivity contribution in [1.29, 1.82) is 0 Å². The summed E-state index contributed by atoms with van der Waals surface area (Å²) in [6.07, 6.45) is 2.64. The van der Waals surface area contributed by atoms with Crippen molar-refractivity contribution >= 4 is 0 Å². The number of ether oxygens (including phenoxy) is 2. The van der Waals surface area contributed by atoms with E-state index in [2.05, 4.69) is 22.9 Å². The topological polar surface area (TPSA) is 34.6 Å². The van der Waals surface area contributed by atoms with Crippen LogP contribution in [0.15, 0.2) is 24.4 Å². The van der Waals surface area contributed by atoms with Gasteiger partial charge in [-0.2, -0.15) is 0 Å². The van der Waals surface area contributed by atoms with Crippen molar-refractivity contribution in [3.63, 3.8) is 0 Å². The Balaban J connectivity index is 2.38. The van der Waals surface area contributed by atoms with Crippen LogP contribution in [-0.4, -0.2) is 42.5 Å². The highest BCUT2D eigenvalue weighted by Crippen LogP contribution is 2.06.